The Morgan fingerprint density at radius 3 is 2.83 bits per heavy atom. The van der Waals surface area contributed by atoms with E-state index in [1.165, 1.54) is 7.11 Å². The van der Waals surface area contributed by atoms with Gasteiger partial charge in [0.1, 0.15) is 5.82 Å². The van der Waals surface area contributed by atoms with Gasteiger partial charge in [-0.25, -0.2) is 4.98 Å². The number of hydrogen-bond donors (Lipinski definition) is 0. The minimum Gasteiger partial charge on any atom is -0.469 e. The van der Waals surface area contributed by atoms with E-state index in [2.05, 4.69) is 22.5 Å². The Labute approximate surface area is 107 Å². The Morgan fingerprint density at radius 2 is 2.17 bits per heavy atom. The Hall–Kier alpha value is -1.84. The van der Waals surface area contributed by atoms with E-state index in [0.29, 0.717) is 6.42 Å². The maximum absolute atomic E-state index is 11.5. The summed E-state index contributed by atoms with van der Waals surface area (Å²) in [6.45, 7) is 4.80. The minimum atomic E-state index is -0.190. The summed E-state index contributed by atoms with van der Waals surface area (Å²) in [5, 5.41) is 0. The van der Waals surface area contributed by atoms with Gasteiger partial charge in [0.15, 0.2) is 0 Å². The zero-order chi connectivity index (χ0) is 13.1. The summed E-state index contributed by atoms with van der Waals surface area (Å²) in [4.78, 5) is 16.1. The van der Waals surface area contributed by atoms with Crippen molar-refractivity contribution in [3.63, 3.8) is 0 Å². The topological polar surface area (TPSA) is 44.1 Å². The molecule has 1 aromatic heterocycles. The Balaban J connectivity index is 2.35. The molecule has 0 saturated carbocycles. The first-order chi connectivity index (χ1) is 8.67. The lowest BCUT2D eigenvalue weighted by Crippen LogP contribution is -2.17. The van der Waals surface area contributed by atoms with E-state index in [9.17, 15) is 4.79 Å². The molecule has 0 radical (unpaired) electrons. The summed E-state index contributed by atoms with van der Waals surface area (Å²) >= 11 is 0. The van der Waals surface area contributed by atoms with Crippen molar-refractivity contribution in [1.29, 1.82) is 0 Å². The Kier molecular flexibility index (Phi) is 3.65. The van der Waals surface area contributed by atoms with Gasteiger partial charge in [-0.05, 0) is 19.1 Å². The standard InChI is InChI=1S/C14H18N2O2/c1-4-16-12-8-6-5-7-11(12)15-13(16)9-10(2)14(17)18-3/h5-8,10H,4,9H2,1-3H3. The predicted octanol–water partition coefficient (Wildman–Crippen LogP) is 2.41. The number of fused-ring (bicyclic) bond motifs is 1. The van der Waals surface area contributed by atoms with Crippen molar-refractivity contribution < 1.29 is 9.53 Å². The summed E-state index contributed by atoms with van der Waals surface area (Å²) in [6, 6.07) is 8.03. The number of para-hydroxylation sites is 2. The smallest absolute Gasteiger partial charge is 0.308 e. The van der Waals surface area contributed by atoms with Gasteiger partial charge in [-0.2, -0.15) is 0 Å². The van der Waals surface area contributed by atoms with Crippen LogP contribution in [0.1, 0.15) is 19.7 Å². The van der Waals surface area contributed by atoms with Gasteiger partial charge in [0.25, 0.3) is 0 Å². The van der Waals surface area contributed by atoms with E-state index in [4.69, 9.17) is 4.74 Å². The average Bonchev–Trinajstić information content (AvgIpc) is 2.74. The largest absolute Gasteiger partial charge is 0.469 e. The summed E-state index contributed by atoms with van der Waals surface area (Å²) in [5.41, 5.74) is 2.10. The number of benzene rings is 1. The van der Waals surface area contributed by atoms with Crippen LogP contribution in [0.25, 0.3) is 11.0 Å². The number of ether oxygens (including phenoxy) is 1. The van der Waals surface area contributed by atoms with Crippen molar-refractivity contribution in [2.75, 3.05) is 7.11 Å². The predicted molar refractivity (Wildman–Crippen MR) is 70.3 cm³/mol. The first kappa shape index (κ1) is 12.6. The number of hydrogen-bond acceptors (Lipinski definition) is 3. The first-order valence-corrected chi connectivity index (χ1v) is 6.19. The minimum absolute atomic E-state index is 0.169. The fourth-order valence-corrected chi connectivity index (χ4v) is 2.19. The second-order valence-electron chi connectivity index (χ2n) is 4.39. The number of aryl methyl sites for hydroxylation is 1. The maximum atomic E-state index is 11.5. The third kappa shape index (κ3) is 2.23. The third-order valence-electron chi connectivity index (χ3n) is 3.14. The fraction of sp³-hybridized carbons (Fsp3) is 0.429. The Morgan fingerprint density at radius 1 is 1.44 bits per heavy atom. The lowest BCUT2D eigenvalue weighted by molar-refractivity contribution is -0.144. The molecule has 96 valence electrons. The molecule has 0 aliphatic heterocycles. The number of carbonyl (C=O) groups is 1. The summed E-state index contributed by atoms with van der Waals surface area (Å²) in [6.07, 6.45) is 0.606. The van der Waals surface area contributed by atoms with Crippen LogP contribution in [0, 0.1) is 5.92 Å². The molecule has 1 unspecified atom stereocenters. The quantitative estimate of drug-likeness (QED) is 0.778. The summed E-state index contributed by atoms with van der Waals surface area (Å²) in [5.74, 6) is 0.582. The van der Waals surface area contributed by atoms with Crippen LogP contribution in [0.3, 0.4) is 0 Å². The lowest BCUT2D eigenvalue weighted by Gasteiger charge is -2.10. The lowest BCUT2D eigenvalue weighted by atomic mass is 10.1. The SMILES string of the molecule is CCn1c(CC(C)C(=O)OC)nc2ccccc21. The van der Waals surface area contributed by atoms with Gasteiger partial charge < -0.3 is 9.30 Å². The van der Waals surface area contributed by atoms with Crippen LogP contribution in [0.5, 0.6) is 0 Å². The van der Waals surface area contributed by atoms with Gasteiger partial charge in [0.05, 0.1) is 24.1 Å². The molecule has 0 amide bonds. The van der Waals surface area contributed by atoms with Crippen LogP contribution < -0.4 is 0 Å². The van der Waals surface area contributed by atoms with Gasteiger partial charge in [0.2, 0.25) is 0 Å². The number of nitrogens with zero attached hydrogens (tertiary/aromatic N) is 2. The summed E-state index contributed by atoms with van der Waals surface area (Å²) in [7, 11) is 1.42. The highest BCUT2D eigenvalue weighted by molar-refractivity contribution is 5.76. The highest BCUT2D eigenvalue weighted by Gasteiger charge is 2.18. The van der Waals surface area contributed by atoms with Gasteiger partial charge in [-0.15, -0.1) is 0 Å². The van der Waals surface area contributed by atoms with Crippen molar-refractivity contribution in [3.05, 3.63) is 30.1 Å². The second kappa shape index (κ2) is 5.21. The van der Waals surface area contributed by atoms with Gasteiger partial charge >= 0.3 is 5.97 Å². The summed E-state index contributed by atoms with van der Waals surface area (Å²) < 4.78 is 6.90. The zero-order valence-electron chi connectivity index (χ0n) is 11.0. The molecular formula is C14H18N2O2. The van der Waals surface area contributed by atoms with E-state index < -0.39 is 0 Å². The highest BCUT2D eigenvalue weighted by Crippen LogP contribution is 2.18. The number of rotatable bonds is 4. The zero-order valence-corrected chi connectivity index (χ0v) is 11.0. The number of methoxy groups -OCH3 is 1. The Bertz CT molecular complexity index is 560. The van der Waals surface area contributed by atoms with Crippen LogP contribution in [0.15, 0.2) is 24.3 Å². The van der Waals surface area contributed by atoms with E-state index in [1.54, 1.807) is 0 Å². The molecule has 4 nitrogen and oxygen atoms in total. The molecule has 0 N–H and O–H groups in total. The van der Waals surface area contributed by atoms with Crippen LogP contribution in [-0.4, -0.2) is 22.6 Å². The number of imidazole rings is 1. The van der Waals surface area contributed by atoms with Crippen molar-refractivity contribution in [3.8, 4) is 0 Å². The molecule has 0 saturated heterocycles. The monoisotopic (exact) mass is 246 g/mol. The maximum Gasteiger partial charge on any atom is 0.308 e. The second-order valence-corrected chi connectivity index (χ2v) is 4.39. The van der Waals surface area contributed by atoms with Gasteiger partial charge in [-0.1, -0.05) is 19.1 Å². The molecule has 0 aliphatic carbocycles. The molecule has 0 spiro atoms. The average molecular weight is 246 g/mol. The molecule has 2 aromatic rings. The molecule has 0 aliphatic rings. The molecule has 1 heterocycles. The fourth-order valence-electron chi connectivity index (χ4n) is 2.19. The molecule has 0 fully saturated rings. The normalized spacial score (nSPS) is 12.6. The van der Waals surface area contributed by atoms with Crippen LogP contribution >= 0.6 is 0 Å². The highest BCUT2D eigenvalue weighted by atomic mass is 16.5. The third-order valence-corrected chi connectivity index (χ3v) is 3.14. The van der Waals surface area contributed by atoms with Crippen molar-refractivity contribution in [1.82, 2.24) is 9.55 Å². The molecule has 1 aromatic carbocycles. The van der Waals surface area contributed by atoms with E-state index >= 15 is 0 Å². The van der Waals surface area contributed by atoms with Gasteiger partial charge in [0, 0.05) is 13.0 Å². The van der Waals surface area contributed by atoms with Crippen LogP contribution in [0.2, 0.25) is 0 Å². The molecule has 0 bridgehead atoms. The molecule has 1 atom stereocenters. The van der Waals surface area contributed by atoms with Gasteiger partial charge in [-0.3, -0.25) is 4.79 Å². The van der Waals surface area contributed by atoms with E-state index in [1.807, 2.05) is 25.1 Å². The van der Waals surface area contributed by atoms with Crippen molar-refractivity contribution in [2.24, 2.45) is 5.92 Å². The van der Waals surface area contributed by atoms with Crippen LogP contribution in [-0.2, 0) is 22.5 Å². The first-order valence-electron chi connectivity index (χ1n) is 6.19. The molecule has 18 heavy (non-hydrogen) atoms. The van der Waals surface area contributed by atoms with Crippen molar-refractivity contribution >= 4 is 17.0 Å². The molecule has 4 heteroatoms. The molecular weight excluding hydrogens is 228 g/mol. The molecule has 2 rings (SSSR count). The number of carbonyl (C=O) groups excluding carboxylic acids is 1. The number of esters is 1. The van der Waals surface area contributed by atoms with E-state index in [0.717, 1.165) is 23.4 Å². The number of aromatic nitrogens is 2. The van der Waals surface area contributed by atoms with Crippen LogP contribution in [0.4, 0.5) is 0 Å². The van der Waals surface area contributed by atoms with E-state index in [-0.39, 0.29) is 11.9 Å². The van der Waals surface area contributed by atoms with Crippen molar-refractivity contribution in [2.45, 2.75) is 26.8 Å².